The van der Waals surface area contributed by atoms with E-state index < -0.39 is 0 Å². The Kier molecular flexibility index (Phi) is 3.79. The summed E-state index contributed by atoms with van der Waals surface area (Å²) in [5.41, 5.74) is 1.34. The van der Waals surface area contributed by atoms with Crippen LogP contribution in [0.25, 0.3) is 0 Å². The highest BCUT2D eigenvalue weighted by Crippen LogP contribution is 2.10. The zero-order valence-corrected chi connectivity index (χ0v) is 8.16. The van der Waals surface area contributed by atoms with Gasteiger partial charge in [-0.3, -0.25) is 0 Å². The predicted octanol–water partition coefficient (Wildman–Crippen LogP) is 3.11. The molecule has 0 fully saturated rings. The lowest BCUT2D eigenvalue weighted by molar-refractivity contribution is 0.618. The van der Waals surface area contributed by atoms with Crippen LogP contribution in [0.1, 0.15) is 17.5 Å². The smallest absolute Gasteiger partial charge is 0.127 e. The number of halogens is 2. The highest BCUT2D eigenvalue weighted by atomic mass is 35.5. The van der Waals surface area contributed by atoms with Gasteiger partial charge in [0, 0.05) is 23.4 Å². The molecular formula is C11H10ClF. The average molecular weight is 197 g/mol. The van der Waals surface area contributed by atoms with Gasteiger partial charge in [-0.2, -0.15) is 0 Å². The van der Waals surface area contributed by atoms with Crippen LogP contribution in [0.2, 0.25) is 0 Å². The first-order valence-electron chi connectivity index (χ1n) is 4.05. The minimum Gasteiger partial charge on any atom is -0.207 e. The van der Waals surface area contributed by atoms with Crippen molar-refractivity contribution >= 4 is 11.6 Å². The van der Waals surface area contributed by atoms with Crippen LogP contribution < -0.4 is 0 Å². The fourth-order valence-corrected chi connectivity index (χ4v) is 1.04. The molecule has 0 heterocycles. The van der Waals surface area contributed by atoms with E-state index in [1.165, 1.54) is 6.07 Å². The van der Waals surface area contributed by atoms with Crippen LogP contribution in [0.3, 0.4) is 0 Å². The third-order valence-electron chi connectivity index (χ3n) is 1.71. The lowest BCUT2D eigenvalue weighted by atomic mass is 10.1. The van der Waals surface area contributed by atoms with Crippen molar-refractivity contribution in [1.29, 1.82) is 0 Å². The van der Waals surface area contributed by atoms with E-state index in [9.17, 15) is 4.39 Å². The zero-order valence-electron chi connectivity index (χ0n) is 7.40. The van der Waals surface area contributed by atoms with Crippen LogP contribution in [-0.2, 0) is 0 Å². The number of hydrogen-bond donors (Lipinski definition) is 0. The maximum absolute atomic E-state index is 13.0. The first-order chi connectivity index (χ1) is 6.25. The van der Waals surface area contributed by atoms with Gasteiger partial charge in [0.2, 0.25) is 0 Å². The highest BCUT2D eigenvalue weighted by Gasteiger charge is 1.98. The Hall–Kier alpha value is -1.00. The summed E-state index contributed by atoms with van der Waals surface area (Å²) in [5, 5.41) is 0. The van der Waals surface area contributed by atoms with Crippen molar-refractivity contribution in [3.63, 3.8) is 0 Å². The molecule has 0 aliphatic carbocycles. The fourth-order valence-electron chi connectivity index (χ4n) is 0.948. The van der Waals surface area contributed by atoms with E-state index in [4.69, 9.17) is 11.6 Å². The van der Waals surface area contributed by atoms with Gasteiger partial charge in [0.25, 0.3) is 0 Å². The van der Waals surface area contributed by atoms with E-state index in [2.05, 4.69) is 11.8 Å². The van der Waals surface area contributed by atoms with Crippen molar-refractivity contribution in [2.45, 2.75) is 13.3 Å². The summed E-state index contributed by atoms with van der Waals surface area (Å²) >= 11 is 5.46. The largest absolute Gasteiger partial charge is 0.207 e. The first-order valence-corrected chi connectivity index (χ1v) is 4.59. The number of hydrogen-bond acceptors (Lipinski definition) is 0. The summed E-state index contributed by atoms with van der Waals surface area (Å²) in [5.74, 6) is 6.06. The highest BCUT2D eigenvalue weighted by molar-refractivity contribution is 6.18. The predicted molar refractivity (Wildman–Crippen MR) is 53.4 cm³/mol. The van der Waals surface area contributed by atoms with E-state index in [-0.39, 0.29) is 5.82 Å². The van der Waals surface area contributed by atoms with Gasteiger partial charge in [0.1, 0.15) is 5.82 Å². The van der Waals surface area contributed by atoms with Crippen LogP contribution in [0, 0.1) is 24.6 Å². The molecule has 1 aromatic carbocycles. The van der Waals surface area contributed by atoms with E-state index in [0.717, 1.165) is 5.56 Å². The minimum atomic E-state index is -0.210. The van der Waals surface area contributed by atoms with Gasteiger partial charge in [-0.05, 0) is 19.1 Å². The molecule has 0 aromatic heterocycles. The summed E-state index contributed by atoms with van der Waals surface area (Å²) in [6.07, 6.45) is 0.636. The molecule has 0 saturated carbocycles. The molecule has 0 spiro atoms. The van der Waals surface area contributed by atoms with Gasteiger partial charge >= 0.3 is 0 Å². The molecule has 0 saturated heterocycles. The Morgan fingerprint density at radius 3 is 2.92 bits per heavy atom. The second kappa shape index (κ2) is 4.89. The van der Waals surface area contributed by atoms with Gasteiger partial charge in [-0.25, -0.2) is 4.39 Å². The molecule has 0 atom stereocenters. The van der Waals surface area contributed by atoms with Crippen molar-refractivity contribution in [3.05, 3.63) is 35.1 Å². The maximum atomic E-state index is 13.0. The molecule has 0 unspecified atom stereocenters. The third kappa shape index (κ3) is 2.75. The molecule has 1 aromatic rings. The Morgan fingerprint density at radius 2 is 2.23 bits per heavy atom. The van der Waals surface area contributed by atoms with Crippen molar-refractivity contribution in [3.8, 4) is 11.8 Å². The molecule has 0 aliphatic rings. The van der Waals surface area contributed by atoms with E-state index in [1.54, 1.807) is 19.1 Å². The van der Waals surface area contributed by atoms with Crippen LogP contribution in [0.15, 0.2) is 18.2 Å². The number of benzene rings is 1. The van der Waals surface area contributed by atoms with Crippen molar-refractivity contribution < 1.29 is 4.39 Å². The van der Waals surface area contributed by atoms with Gasteiger partial charge < -0.3 is 0 Å². The van der Waals surface area contributed by atoms with Crippen molar-refractivity contribution in [1.82, 2.24) is 0 Å². The molecule has 68 valence electrons. The summed E-state index contributed by atoms with van der Waals surface area (Å²) < 4.78 is 13.0. The average Bonchev–Trinajstić information content (AvgIpc) is 2.13. The normalized spacial score (nSPS) is 9.15. The van der Waals surface area contributed by atoms with Crippen LogP contribution >= 0.6 is 11.6 Å². The molecule has 0 N–H and O–H groups in total. The standard InChI is InChI=1S/C11H10ClF/c1-9-10(5-2-3-8-12)6-4-7-11(9)13/h4,6-7H,3,8H2,1H3. The third-order valence-corrected chi connectivity index (χ3v) is 1.90. The first kappa shape index (κ1) is 10.1. The molecule has 0 radical (unpaired) electrons. The van der Waals surface area contributed by atoms with Gasteiger partial charge in [0.15, 0.2) is 0 Å². The molecule has 0 amide bonds. The van der Waals surface area contributed by atoms with Crippen molar-refractivity contribution in [2.24, 2.45) is 0 Å². The zero-order chi connectivity index (χ0) is 9.68. The minimum absolute atomic E-state index is 0.210. The topological polar surface area (TPSA) is 0 Å². The van der Waals surface area contributed by atoms with E-state index >= 15 is 0 Å². The molecular weight excluding hydrogens is 187 g/mol. The molecule has 0 nitrogen and oxygen atoms in total. The Bertz CT molecular complexity index is 347. The Labute approximate surface area is 82.7 Å². The number of rotatable bonds is 1. The summed E-state index contributed by atoms with van der Waals surface area (Å²) in [6, 6.07) is 4.90. The second-order valence-corrected chi connectivity index (χ2v) is 3.03. The number of alkyl halides is 1. The lowest BCUT2D eigenvalue weighted by Crippen LogP contribution is -1.86. The van der Waals surface area contributed by atoms with Crippen LogP contribution in [0.5, 0.6) is 0 Å². The lowest BCUT2D eigenvalue weighted by Gasteiger charge is -1.97. The quantitative estimate of drug-likeness (QED) is 0.478. The molecule has 0 aliphatic heterocycles. The summed E-state index contributed by atoms with van der Waals surface area (Å²) in [6.45, 7) is 1.72. The fraction of sp³-hybridized carbons (Fsp3) is 0.273. The Morgan fingerprint density at radius 1 is 1.46 bits per heavy atom. The van der Waals surface area contributed by atoms with Gasteiger partial charge in [-0.15, -0.1) is 11.6 Å². The van der Waals surface area contributed by atoms with Crippen LogP contribution in [-0.4, -0.2) is 5.88 Å². The maximum Gasteiger partial charge on any atom is 0.127 e. The molecule has 13 heavy (non-hydrogen) atoms. The SMILES string of the molecule is Cc1c(F)cccc1C#CCCCl. The Balaban J connectivity index is 2.91. The molecule has 1 rings (SSSR count). The second-order valence-electron chi connectivity index (χ2n) is 2.65. The summed E-state index contributed by atoms with van der Waals surface area (Å²) in [7, 11) is 0. The van der Waals surface area contributed by atoms with Crippen LogP contribution in [0.4, 0.5) is 4.39 Å². The van der Waals surface area contributed by atoms with Gasteiger partial charge in [-0.1, -0.05) is 17.9 Å². The molecule has 2 heteroatoms. The van der Waals surface area contributed by atoms with E-state index in [0.29, 0.717) is 17.9 Å². The van der Waals surface area contributed by atoms with E-state index in [1.807, 2.05) is 0 Å². The van der Waals surface area contributed by atoms with Crippen molar-refractivity contribution in [2.75, 3.05) is 5.88 Å². The summed E-state index contributed by atoms with van der Waals surface area (Å²) in [4.78, 5) is 0. The van der Waals surface area contributed by atoms with Gasteiger partial charge in [0.05, 0.1) is 0 Å². The molecule has 0 bridgehead atoms. The monoisotopic (exact) mass is 196 g/mol.